The lowest BCUT2D eigenvalue weighted by molar-refractivity contribution is 0.483. The molecule has 0 saturated heterocycles. The Morgan fingerprint density at radius 1 is 1.44 bits per heavy atom. The van der Waals surface area contributed by atoms with Crippen molar-refractivity contribution in [2.75, 3.05) is 6.54 Å². The number of aromatic nitrogens is 2. The molecule has 2 heterocycles. The summed E-state index contributed by atoms with van der Waals surface area (Å²) >= 11 is 1.64. The van der Waals surface area contributed by atoms with Crippen LogP contribution in [0.15, 0.2) is 10.6 Å². The molecular formula is C11H15N3OS. The topological polar surface area (TPSA) is 51.0 Å². The number of nitrogens with one attached hydrogen (secondary N) is 1. The molecule has 0 aliphatic heterocycles. The molecule has 0 bridgehead atoms. The summed E-state index contributed by atoms with van der Waals surface area (Å²) in [5.74, 6) is 1.54. The first kappa shape index (κ1) is 11.3. The zero-order valence-electron chi connectivity index (χ0n) is 9.70. The number of hydrogen-bond donors (Lipinski definition) is 1. The van der Waals surface area contributed by atoms with E-state index in [4.69, 9.17) is 4.42 Å². The third-order valence-electron chi connectivity index (χ3n) is 2.21. The van der Waals surface area contributed by atoms with E-state index in [0.717, 1.165) is 33.8 Å². The molecule has 16 heavy (non-hydrogen) atoms. The van der Waals surface area contributed by atoms with Crippen molar-refractivity contribution < 1.29 is 4.42 Å². The molecule has 0 unspecified atom stereocenters. The third-order valence-corrected chi connectivity index (χ3v) is 3.29. The molecule has 4 nitrogen and oxygen atoms in total. The predicted molar refractivity (Wildman–Crippen MR) is 64.5 cm³/mol. The van der Waals surface area contributed by atoms with Crippen molar-refractivity contribution in [3.05, 3.63) is 22.8 Å². The smallest absolute Gasteiger partial charge is 0.208 e. The van der Waals surface area contributed by atoms with Gasteiger partial charge in [0.05, 0.1) is 28.3 Å². The molecule has 2 aromatic heterocycles. The minimum atomic E-state index is 0.674. The minimum absolute atomic E-state index is 0.674. The highest BCUT2D eigenvalue weighted by Gasteiger charge is 2.12. The molecule has 0 atom stereocenters. The SMILES string of the molecule is CCNCc1ncc(-c2sc(C)nc2C)o1. The van der Waals surface area contributed by atoms with E-state index in [1.807, 2.05) is 13.8 Å². The average Bonchev–Trinajstić information content (AvgIpc) is 2.82. The summed E-state index contributed by atoms with van der Waals surface area (Å²) in [7, 11) is 0. The largest absolute Gasteiger partial charge is 0.438 e. The summed E-state index contributed by atoms with van der Waals surface area (Å²) in [6.07, 6.45) is 1.77. The van der Waals surface area contributed by atoms with Gasteiger partial charge in [-0.15, -0.1) is 11.3 Å². The lowest BCUT2D eigenvalue weighted by Gasteiger charge is -1.95. The summed E-state index contributed by atoms with van der Waals surface area (Å²) in [6.45, 7) is 7.63. The van der Waals surface area contributed by atoms with Crippen LogP contribution in [0.2, 0.25) is 0 Å². The van der Waals surface area contributed by atoms with Crippen LogP contribution in [0.1, 0.15) is 23.5 Å². The number of hydrogen-bond acceptors (Lipinski definition) is 5. The molecule has 0 aliphatic rings. The fourth-order valence-corrected chi connectivity index (χ4v) is 2.36. The van der Waals surface area contributed by atoms with Crippen LogP contribution in [-0.2, 0) is 6.54 Å². The van der Waals surface area contributed by atoms with Crippen LogP contribution in [-0.4, -0.2) is 16.5 Å². The molecule has 86 valence electrons. The Kier molecular flexibility index (Phi) is 3.36. The Bertz CT molecular complexity index is 475. The van der Waals surface area contributed by atoms with Gasteiger partial charge in [0.25, 0.3) is 0 Å². The molecule has 0 saturated carbocycles. The molecule has 0 spiro atoms. The highest BCUT2D eigenvalue weighted by atomic mass is 32.1. The minimum Gasteiger partial charge on any atom is -0.438 e. The van der Waals surface area contributed by atoms with Gasteiger partial charge in [0, 0.05) is 0 Å². The molecule has 0 amide bonds. The molecule has 0 radical (unpaired) electrons. The van der Waals surface area contributed by atoms with Gasteiger partial charge in [-0.3, -0.25) is 0 Å². The number of oxazole rings is 1. The van der Waals surface area contributed by atoms with E-state index >= 15 is 0 Å². The summed E-state index contributed by atoms with van der Waals surface area (Å²) in [6, 6.07) is 0. The van der Waals surface area contributed by atoms with E-state index in [9.17, 15) is 0 Å². The van der Waals surface area contributed by atoms with E-state index < -0.39 is 0 Å². The van der Waals surface area contributed by atoms with Crippen molar-refractivity contribution >= 4 is 11.3 Å². The van der Waals surface area contributed by atoms with Gasteiger partial charge in [0.2, 0.25) is 5.89 Å². The summed E-state index contributed by atoms with van der Waals surface area (Å²) in [5, 5.41) is 4.23. The van der Waals surface area contributed by atoms with Gasteiger partial charge in [-0.2, -0.15) is 0 Å². The molecule has 2 rings (SSSR count). The molecule has 1 N–H and O–H groups in total. The van der Waals surface area contributed by atoms with Crippen LogP contribution in [0.25, 0.3) is 10.6 Å². The summed E-state index contributed by atoms with van der Waals surface area (Å²) in [4.78, 5) is 9.68. The van der Waals surface area contributed by atoms with E-state index in [-0.39, 0.29) is 0 Å². The third kappa shape index (κ3) is 2.31. The monoisotopic (exact) mass is 237 g/mol. The lowest BCUT2D eigenvalue weighted by atomic mass is 10.3. The van der Waals surface area contributed by atoms with Crippen molar-refractivity contribution in [3.63, 3.8) is 0 Å². The van der Waals surface area contributed by atoms with Gasteiger partial charge in [-0.25, -0.2) is 9.97 Å². The van der Waals surface area contributed by atoms with E-state index in [2.05, 4.69) is 22.2 Å². The van der Waals surface area contributed by atoms with Crippen molar-refractivity contribution in [1.29, 1.82) is 0 Å². The maximum absolute atomic E-state index is 5.66. The second-order valence-electron chi connectivity index (χ2n) is 3.55. The number of thiazole rings is 1. The van der Waals surface area contributed by atoms with Crippen LogP contribution in [0.3, 0.4) is 0 Å². The molecule has 2 aromatic rings. The van der Waals surface area contributed by atoms with Crippen molar-refractivity contribution in [2.24, 2.45) is 0 Å². The Balaban J connectivity index is 2.21. The van der Waals surface area contributed by atoms with E-state index in [1.165, 1.54) is 0 Å². The van der Waals surface area contributed by atoms with Crippen LogP contribution >= 0.6 is 11.3 Å². The van der Waals surface area contributed by atoms with Crippen LogP contribution < -0.4 is 5.32 Å². The van der Waals surface area contributed by atoms with Gasteiger partial charge in [0.15, 0.2) is 5.76 Å². The fraction of sp³-hybridized carbons (Fsp3) is 0.455. The maximum atomic E-state index is 5.66. The Hall–Kier alpha value is -1.20. The summed E-state index contributed by atoms with van der Waals surface area (Å²) in [5.41, 5.74) is 1.01. The Morgan fingerprint density at radius 2 is 2.25 bits per heavy atom. The normalized spacial score (nSPS) is 10.9. The van der Waals surface area contributed by atoms with Gasteiger partial charge in [-0.05, 0) is 20.4 Å². The quantitative estimate of drug-likeness (QED) is 0.887. The molecule has 0 aliphatic carbocycles. The molecule has 0 aromatic carbocycles. The highest BCUT2D eigenvalue weighted by Crippen LogP contribution is 2.29. The number of nitrogens with zero attached hydrogens (tertiary/aromatic N) is 2. The van der Waals surface area contributed by atoms with Gasteiger partial charge in [-0.1, -0.05) is 6.92 Å². The van der Waals surface area contributed by atoms with Crippen molar-refractivity contribution in [1.82, 2.24) is 15.3 Å². The first-order chi connectivity index (χ1) is 7.70. The van der Waals surface area contributed by atoms with E-state index in [1.54, 1.807) is 17.5 Å². The van der Waals surface area contributed by atoms with Gasteiger partial charge in [0.1, 0.15) is 0 Å². The Morgan fingerprint density at radius 3 is 2.88 bits per heavy atom. The predicted octanol–water partition coefficient (Wildman–Crippen LogP) is 2.52. The first-order valence-electron chi connectivity index (χ1n) is 5.30. The van der Waals surface area contributed by atoms with Crippen molar-refractivity contribution in [3.8, 4) is 10.6 Å². The summed E-state index contributed by atoms with van der Waals surface area (Å²) < 4.78 is 5.66. The Labute approximate surface area is 98.7 Å². The maximum Gasteiger partial charge on any atom is 0.208 e. The molecule has 0 fully saturated rings. The number of rotatable bonds is 4. The van der Waals surface area contributed by atoms with Gasteiger partial charge >= 0.3 is 0 Å². The molecular weight excluding hydrogens is 222 g/mol. The van der Waals surface area contributed by atoms with Crippen LogP contribution in [0.5, 0.6) is 0 Å². The second-order valence-corrected chi connectivity index (χ2v) is 4.75. The van der Waals surface area contributed by atoms with Crippen LogP contribution in [0.4, 0.5) is 0 Å². The first-order valence-corrected chi connectivity index (χ1v) is 6.12. The lowest BCUT2D eigenvalue weighted by Crippen LogP contribution is -2.11. The average molecular weight is 237 g/mol. The molecule has 5 heteroatoms. The standard InChI is InChI=1S/C11H15N3OS/c1-4-12-6-10-13-5-9(15-10)11-7(2)14-8(3)16-11/h5,12H,4,6H2,1-3H3. The van der Waals surface area contributed by atoms with E-state index in [0.29, 0.717) is 6.54 Å². The highest BCUT2D eigenvalue weighted by molar-refractivity contribution is 7.15. The number of aryl methyl sites for hydroxylation is 2. The van der Waals surface area contributed by atoms with Crippen molar-refractivity contribution in [2.45, 2.75) is 27.3 Å². The second kappa shape index (κ2) is 4.76. The fourth-order valence-electron chi connectivity index (χ4n) is 1.49. The van der Waals surface area contributed by atoms with Gasteiger partial charge < -0.3 is 9.73 Å². The zero-order valence-corrected chi connectivity index (χ0v) is 10.5. The van der Waals surface area contributed by atoms with Crippen LogP contribution in [0, 0.1) is 13.8 Å². The zero-order chi connectivity index (χ0) is 11.5.